The van der Waals surface area contributed by atoms with Gasteiger partial charge < -0.3 is 78.8 Å². The van der Waals surface area contributed by atoms with Crippen molar-refractivity contribution in [2.75, 3.05) is 131 Å². The Bertz CT molecular complexity index is 3020. The van der Waals surface area contributed by atoms with Gasteiger partial charge in [-0.25, -0.2) is 24.0 Å². The number of pyridine rings is 2. The number of anilines is 2. The fourth-order valence-electron chi connectivity index (χ4n) is 12.1. The summed E-state index contributed by atoms with van der Waals surface area (Å²) in [7, 11) is 11.7. The maximum atomic E-state index is 12.3. The number of likely N-dealkylation sites (tertiary alicyclic amines) is 3. The zero-order chi connectivity index (χ0) is 74.0. The molecule has 5 atom stereocenters. The molecule has 2 aromatic carbocycles. The lowest BCUT2D eigenvalue weighted by Gasteiger charge is -2.38. The van der Waals surface area contributed by atoms with Gasteiger partial charge in [-0.2, -0.15) is 0 Å². The van der Waals surface area contributed by atoms with Crippen molar-refractivity contribution in [3.63, 3.8) is 0 Å². The average Bonchev–Trinajstić information content (AvgIpc) is 0.865. The van der Waals surface area contributed by atoms with Crippen molar-refractivity contribution >= 4 is 47.6 Å². The third-order valence-electron chi connectivity index (χ3n) is 17.8. The molecule has 6 fully saturated rings. The number of aromatic nitrogens is 2. The second-order valence-corrected chi connectivity index (χ2v) is 29.8. The van der Waals surface area contributed by atoms with E-state index in [1.807, 2.05) is 181 Å². The van der Waals surface area contributed by atoms with Crippen LogP contribution in [0.2, 0.25) is 0 Å². The summed E-state index contributed by atoms with van der Waals surface area (Å²) in [5.74, 6) is 0.113. The van der Waals surface area contributed by atoms with Crippen molar-refractivity contribution in [2.24, 2.45) is 0 Å². The molecule has 0 spiro atoms. The van der Waals surface area contributed by atoms with Crippen molar-refractivity contribution in [2.45, 2.75) is 200 Å². The summed E-state index contributed by atoms with van der Waals surface area (Å²) >= 11 is 0. The number of nitrogens with zero attached hydrogens (tertiary/aromatic N) is 10. The van der Waals surface area contributed by atoms with Crippen LogP contribution in [0.15, 0.2) is 110 Å². The summed E-state index contributed by atoms with van der Waals surface area (Å²) in [4.78, 5) is 94.0. The molecule has 0 radical (unpaired) electrons. The molecule has 0 bridgehead atoms. The number of ketones is 1. The highest BCUT2D eigenvalue weighted by molar-refractivity contribution is 5.85. The Morgan fingerprint density at radius 2 is 0.891 bits per heavy atom. The van der Waals surface area contributed by atoms with E-state index in [1.54, 1.807) is 27.1 Å². The number of benzene rings is 2. The van der Waals surface area contributed by atoms with Crippen LogP contribution >= 0.6 is 0 Å². The van der Waals surface area contributed by atoms with Crippen LogP contribution < -0.4 is 25.8 Å². The van der Waals surface area contributed by atoms with Crippen LogP contribution in [0.4, 0.5) is 35.3 Å². The first kappa shape index (κ1) is 83.9. The molecule has 6 aliphatic rings. The van der Waals surface area contributed by atoms with Crippen LogP contribution in [-0.2, 0) is 41.7 Å². The normalized spacial score (nSPS) is 20.1. The van der Waals surface area contributed by atoms with Crippen LogP contribution in [0.3, 0.4) is 0 Å². The minimum Gasteiger partial charge on any atom is -0.445 e. The summed E-state index contributed by atoms with van der Waals surface area (Å²) in [6, 6.07) is 29.6. The molecule has 0 saturated carbocycles. The van der Waals surface area contributed by atoms with Crippen LogP contribution in [0.5, 0.6) is 0 Å². The molecule has 24 heteroatoms. The first-order valence-electron chi connectivity index (χ1n) is 36.3. The number of carbonyl (C=O) groups is 6. The van der Waals surface area contributed by atoms with Crippen molar-refractivity contribution in [3.8, 4) is 0 Å². The predicted octanol–water partition coefficient (Wildman–Crippen LogP) is 11.7. The van der Waals surface area contributed by atoms with Crippen molar-refractivity contribution < 1.29 is 52.5 Å². The van der Waals surface area contributed by atoms with E-state index in [0.717, 1.165) is 134 Å². The third kappa shape index (κ3) is 32.8. The van der Waals surface area contributed by atoms with Crippen molar-refractivity contribution in [1.29, 1.82) is 0 Å². The second-order valence-electron chi connectivity index (χ2n) is 29.8. The Labute approximate surface area is 603 Å². The molecular weight excluding hydrogens is 1280 g/mol. The Morgan fingerprint density at radius 3 is 1.35 bits per heavy atom. The fourth-order valence-corrected chi connectivity index (χ4v) is 12.1. The van der Waals surface area contributed by atoms with Gasteiger partial charge in [0.05, 0.1) is 12.6 Å². The number of rotatable bonds is 11. The maximum Gasteiger partial charge on any atom is 0.410 e. The summed E-state index contributed by atoms with van der Waals surface area (Å²) in [6.45, 7) is 27.5. The Balaban J connectivity index is 0.000000221. The second kappa shape index (κ2) is 43.2. The number of nitrogens with one attached hydrogen (secondary N) is 3. The van der Waals surface area contributed by atoms with Crippen molar-refractivity contribution in [1.82, 2.24) is 55.3 Å². The molecule has 0 aliphatic carbocycles. The van der Waals surface area contributed by atoms with E-state index in [-0.39, 0.29) is 54.9 Å². The molecule has 6 aliphatic heterocycles. The van der Waals surface area contributed by atoms with Crippen molar-refractivity contribution in [3.05, 3.63) is 121 Å². The molecule has 5 amide bonds. The zero-order valence-electron chi connectivity index (χ0n) is 63.6. The number of ether oxygens (including phenoxy) is 5. The van der Waals surface area contributed by atoms with E-state index < -0.39 is 16.8 Å². The number of hydrogen-bond acceptors (Lipinski definition) is 19. The number of piperidine rings is 6. The van der Waals surface area contributed by atoms with Crippen LogP contribution in [-0.4, -0.2) is 243 Å². The van der Waals surface area contributed by atoms with E-state index in [1.165, 1.54) is 30.0 Å². The molecule has 5 unspecified atom stereocenters. The monoisotopic (exact) mass is 1410 g/mol. The van der Waals surface area contributed by atoms with Gasteiger partial charge in [0.2, 0.25) is 0 Å². The molecule has 3 N–H and O–H groups in total. The van der Waals surface area contributed by atoms with Gasteiger partial charge in [-0.05, 0) is 203 Å². The summed E-state index contributed by atoms with van der Waals surface area (Å²) in [5, 5.41) is 9.84. The molecular formula is C77H123N13O11. The van der Waals surface area contributed by atoms with Crippen LogP contribution in [0.1, 0.15) is 150 Å². The SMILES string of the molecule is CC(C)(C)OC(=O)N1CCCC(=O)C1.CN(C(=O)OCc1ccccc1)C1CCCN(c2ccncc2)C1.CN(C(=O)OCc1ccccc1)C1CCCNC1.CN(C)C1CCCN(C(=O)OC(C)(C)C)C1.CNC1CCCN(C(=O)OC(C)(C)C)C1.CNC1CCCN(c2ccncc2)C1. The largest absolute Gasteiger partial charge is 0.445 e. The quantitative estimate of drug-likeness (QED) is 0.118. The molecule has 8 heterocycles. The molecule has 10 rings (SSSR count). The summed E-state index contributed by atoms with van der Waals surface area (Å²) in [6.07, 6.45) is 18.6. The molecule has 562 valence electrons. The van der Waals surface area contributed by atoms with Gasteiger partial charge in [0, 0.05) is 146 Å². The number of hydrogen-bond donors (Lipinski definition) is 3. The van der Waals surface area contributed by atoms with E-state index in [0.29, 0.717) is 44.3 Å². The highest BCUT2D eigenvalue weighted by Gasteiger charge is 2.32. The molecule has 24 nitrogen and oxygen atoms in total. The standard InChI is InChI=1S/C19H23N3O2.C14H20N2O2.C12H24N2O2.C11H17N3.C11H22N2O2.C10H17NO3/c1-21(19(23)24-15-16-6-3-2-4-7-16)18-8-5-13-22(14-18)17-9-11-20-12-10-17;1-16(13-8-5-9-15-10-13)14(17)18-11-12-6-3-2-4-7-12;1-12(2,3)16-11(15)14-8-6-7-10(9-14)13(4)5;1-12-10-3-2-8-14(9-10)11-4-6-13-7-5-11;1-11(2,3)15-10(14)13-7-5-6-9(8-13)12-4;1-10(2,3)14-9(13)11-6-4-5-8(12)7-11/h2-4,6-7,9-12,18H,5,8,13-15H2,1H3;2-4,6-7,13,15H,5,8-11H2,1H3;10H,6-9H2,1-5H3;4-7,10,12H,2-3,8-9H2,1H3;9,12H,5-8H2,1-4H3;4-7H2,1-3H3. The smallest absolute Gasteiger partial charge is 0.410 e. The third-order valence-corrected chi connectivity index (χ3v) is 17.8. The number of Topliss-reactive ketones (excluding diaryl/α,β-unsaturated/α-hetero) is 1. The lowest BCUT2D eigenvalue weighted by Crippen LogP contribution is -2.48. The van der Waals surface area contributed by atoms with Gasteiger partial charge in [0.1, 0.15) is 30.0 Å². The van der Waals surface area contributed by atoms with E-state index in [2.05, 4.69) is 66.8 Å². The van der Waals surface area contributed by atoms with Gasteiger partial charge in [0.25, 0.3) is 0 Å². The summed E-state index contributed by atoms with van der Waals surface area (Å²) in [5.41, 5.74) is 3.17. The molecule has 101 heavy (non-hydrogen) atoms. The first-order chi connectivity index (χ1) is 48.0. The van der Waals surface area contributed by atoms with Gasteiger partial charge in [-0.1, -0.05) is 60.7 Å². The highest BCUT2D eigenvalue weighted by Crippen LogP contribution is 2.24. The Kier molecular flexibility index (Phi) is 35.9. The predicted molar refractivity (Wildman–Crippen MR) is 399 cm³/mol. The lowest BCUT2D eigenvalue weighted by atomic mass is 10.0. The minimum atomic E-state index is -0.489. The first-order valence-corrected chi connectivity index (χ1v) is 36.3. The van der Waals surface area contributed by atoms with E-state index in [4.69, 9.17) is 23.7 Å². The number of carbonyl (C=O) groups excluding carboxylic acids is 6. The zero-order valence-corrected chi connectivity index (χ0v) is 63.6. The van der Waals surface area contributed by atoms with Gasteiger partial charge in [0.15, 0.2) is 5.78 Å². The molecule has 6 saturated heterocycles. The van der Waals surface area contributed by atoms with E-state index in [9.17, 15) is 28.8 Å². The molecule has 2 aromatic heterocycles. The Hall–Kier alpha value is -7.80. The topological polar surface area (TPSA) is 236 Å². The molecule has 4 aromatic rings. The van der Waals surface area contributed by atoms with Crippen LogP contribution in [0.25, 0.3) is 0 Å². The fraction of sp³-hybridized carbons (Fsp3) is 0.636. The van der Waals surface area contributed by atoms with Gasteiger partial charge >= 0.3 is 30.5 Å². The van der Waals surface area contributed by atoms with E-state index >= 15 is 0 Å². The number of likely N-dealkylation sites (N-methyl/N-ethyl adjacent to an activating group) is 5. The average molecular weight is 1410 g/mol. The highest BCUT2D eigenvalue weighted by atomic mass is 16.6. The van der Waals surface area contributed by atoms with Gasteiger partial charge in [-0.3, -0.25) is 14.8 Å². The van der Waals surface area contributed by atoms with Crippen LogP contribution in [0, 0.1) is 0 Å². The number of amides is 5. The lowest BCUT2D eigenvalue weighted by molar-refractivity contribution is -0.122. The summed E-state index contributed by atoms with van der Waals surface area (Å²) < 4.78 is 26.6. The minimum absolute atomic E-state index is 0.113. The van der Waals surface area contributed by atoms with Gasteiger partial charge in [-0.15, -0.1) is 0 Å². The maximum absolute atomic E-state index is 12.3. The Morgan fingerprint density at radius 1 is 0.485 bits per heavy atom.